The Morgan fingerprint density at radius 2 is 2.00 bits per heavy atom. The van der Waals surface area contributed by atoms with Gasteiger partial charge >= 0.3 is 0 Å². The fourth-order valence-corrected chi connectivity index (χ4v) is 2.06. The SMILES string of the molecule is CC1CCC(Nc2cncc(N)n2)CC1. The highest BCUT2D eigenvalue weighted by atomic mass is 15.1. The molecule has 3 N–H and O–H groups in total. The average molecular weight is 206 g/mol. The Hall–Kier alpha value is -1.32. The van der Waals surface area contributed by atoms with Crippen molar-refractivity contribution in [1.29, 1.82) is 0 Å². The van der Waals surface area contributed by atoms with E-state index in [1.54, 1.807) is 12.4 Å². The van der Waals surface area contributed by atoms with Crippen LogP contribution in [0.1, 0.15) is 32.6 Å². The van der Waals surface area contributed by atoms with Crippen molar-refractivity contribution in [3.63, 3.8) is 0 Å². The molecule has 15 heavy (non-hydrogen) atoms. The maximum atomic E-state index is 5.57. The summed E-state index contributed by atoms with van der Waals surface area (Å²) in [6, 6.07) is 0.539. The van der Waals surface area contributed by atoms with E-state index in [1.807, 2.05) is 0 Å². The van der Waals surface area contributed by atoms with E-state index in [2.05, 4.69) is 22.2 Å². The lowest BCUT2D eigenvalue weighted by Gasteiger charge is -2.27. The van der Waals surface area contributed by atoms with Crippen LogP contribution in [0.15, 0.2) is 12.4 Å². The Balaban J connectivity index is 1.92. The third kappa shape index (κ3) is 2.81. The van der Waals surface area contributed by atoms with Crippen molar-refractivity contribution in [2.45, 2.75) is 38.6 Å². The molecule has 82 valence electrons. The van der Waals surface area contributed by atoms with Crippen LogP contribution in [0.4, 0.5) is 11.6 Å². The maximum absolute atomic E-state index is 5.57. The molecule has 2 rings (SSSR count). The first-order valence-electron chi connectivity index (χ1n) is 5.58. The van der Waals surface area contributed by atoms with Crippen molar-refractivity contribution in [3.8, 4) is 0 Å². The number of nitrogens with zero attached hydrogens (tertiary/aromatic N) is 2. The van der Waals surface area contributed by atoms with Gasteiger partial charge in [-0.05, 0) is 31.6 Å². The van der Waals surface area contributed by atoms with Crippen LogP contribution in [0.2, 0.25) is 0 Å². The lowest BCUT2D eigenvalue weighted by atomic mass is 9.87. The van der Waals surface area contributed by atoms with Crippen molar-refractivity contribution >= 4 is 11.6 Å². The summed E-state index contributed by atoms with van der Waals surface area (Å²) in [5.41, 5.74) is 5.57. The highest BCUT2D eigenvalue weighted by Crippen LogP contribution is 2.25. The Kier molecular flexibility index (Phi) is 3.04. The maximum Gasteiger partial charge on any atom is 0.147 e. The van der Waals surface area contributed by atoms with Gasteiger partial charge in [-0.3, -0.25) is 4.98 Å². The first-order valence-corrected chi connectivity index (χ1v) is 5.58. The molecule has 4 nitrogen and oxygen atoms in total. The molecule has 0 saturated heterocycles. The van der Waals surface area contributed by atoms with E-state index < -0.39 is 0 Å². The predicted molar refractivity (Wildman–Crippen MR) is 61.5 cm³/mol. The fraction of sp³-hybridized carbons (Fsp3) is 0.636. The van der Waals surface area contributed by atoms with Crippen LogP contribution in [-0.2, 0) is 0 Å². The van der Waals surface area contributed by atoms with Crippen LogP contribution in [0.5, 0.6) is 0 Å². The Morgan fingerprint density at radius 3 is 2.67 bits per heavy atom. The fourth-order valence-electron chi connectivity index (χ4n) is 2.06. The molecule has 1 saturated carbocycles. The van der Waals surface area contributed by atoms with Crippen molar-refractivity contribution < 1.29 is 0 Å². The number of hydrogen-bond donors (Lipinski definition) is 2. The largest absolute Gasteiger partial charge is 0.382 e. The van der Waals surface area contributed by atoms with Gasteiger partial charge in [0.05, 0.1) is 12.4 Å². The molecule has 1 aliphatic carbocycles. The summed E-state index contributed by atoms with van der Waals surface area (Å²) < 4.78 is 0. The van der Waals surface area contributed by atoms with Gasteiger partial charge in [-0.25, -0.2) is 4.98 Å². The first-order chi connectivity index (χ1) is 7.24. The van der Waals surface area contributed by atoms with Gasteiger partial charge in [0.2, 0.25) is 0 Å². The van der Waals surface area contributed by atoms with Crippen LogP contribution < -0.4 is 11.1 Å². The van der Waals surface area contributed by atoms with Gasteiger partial charge in [-0.2, -0.15) is 0 Å². The lowest BCUT2D eigenvalue weighted by molar-refractivity contribution is 0.361. The van der Waals surface area contributed by atoms with E-state index in [9.17, 15) is 0 Å². The van der Waals surface area contributed by atoms with Crippen LogP contribution in [0.3, 0.4) is 0 Å². The summed E-state index contributed by atoms with van der Waals surface area (Å²) in [6.07, 6.45) is 8.33. The standard InChI is InChI=1S/C11H18N4/c1-8-2-4-9(5-3-8)14-11-7-13-6-10(12)15-11/h6-9H,2-5H2,1H3,(H3,12,14,15). The quantitative estimate of drug-likeness (QED) is 0.777. The Bertz CT molecular complexity index is 318. The summed E-state index contributed by atoms with van der Waals surface area (Å²) in [5, 5.41) is 3.39. The van der Waals surface area contributed by atoms with E-state index in [1.165, 1.54) is 25.7 Å². The second-order valence-corrected chi connectivity index (χ2v) is 4.43. The summed E-state index contributed by atoms with van der Waals surface area (Å²) in [4.78, 5) is 8.21. The summed E-state index contributed by atoms with van der Waals surface area (Å²) >= 11 is 0. The van der Waals surface area contributed by atoms with Gasteiger partial charge in [0.25, 0.3) is 0 Å². The van der Waals surface area contributed by atoms with Crippen molar-refractivity contribution in [2.24, 2.45) is 5.92 Å². The molecule has 1 heterocycles. The number of nitrogens with one attached hydrogen (secondary N) is 1. The zero-order valence-corrected chi connectivity index (χ0v) is 9.11. The van der Waals surface area contributed by atoms with Gasteiger partial charge in [-0.1, -0.05) is 6.92 Å². The monoisotopic (exact) mass is 206 g/mol. The highest BCUT2D eigenvalue weighted by Gasteiger charge is 2.18. The van der Waals surface area contributed by atoms with E-state index >= 15 is 0 Å². The van der Waals surface area contributed by atoms with Crippen LogP contribution in [-0.4, -0.2) is 16.0 Å². The van der Waals surface area contributed by atoms with Crippen LogP contribution in [0, 0.1) is 5.92 Å². The minimum Gasteiger partial charge on any atom is -0.382 e. The Morgan fingerprint density at radius 1 is 1.27 bits per heavy atom. The summed E-state index contributed by atoms with van der Waals surface area (Å²) in [5.74, 6) is 2.15. The second-order valence-electron chi connectivity index (χ2n) is 4.43. The molecule has 0 radical (unpaired) electrons. The third-order valence-electron chi connectivity index (χ3n) is 3.02. The van der Waals surface area contributed by atoms with E-state index in [0.717, 1.165) is 11.7 Å². The smallest absolute Gasteiger partial charge is 0.147 e. The molecule has 0 atom stereocenters. The number of hydrogen-bond acceptors (Lipinski definition) is 4. The number of aromatic nitrogens is 2. The topological polar surface area (TPSA) is 63.8 Å². The minimum absolute atomic E-state index is 0.476. The molecule has 4 heteroatoms. The van der Waals surface area contributed by atoms with Gasteiger partial charge in [0, 0.05) is 6.04 Å². The molecule has 0 aliphatic heterocycles. The number of nitrogen functional groups attached to an aromatic ring is 1. The van der Waals surface area contributed by atoms with Crippen LogP contribution >= 0.6 is 0 Å². The first kappa shape index (κ1) is 10.2. The highest BCUT2D eigenvalue weighted by molar-refractivity contribution is 5.39. The molecule has 1 aliphatic rings. The molecule has 0 unspecified atom stereocenters. The normalized spacial score (nSPS) is 26.2. The van der Waals surface area contributed by atoms with Gasteiger partial charge in [0.15, 0.2) is 0 Å². The Labute approximate surface area is 90.3 Å². The van der Waals surface area contributed by atoms with Crippen LogP contribution in [0.25, 0.3) is 0 Å². The summed E-state index contributed by atoms with van der Waals surface area (Å²) in [6.45, 7) is 2.32. The minimum atomic E-state index is 0.476. The summed E-state index contributed by atoms with van der Waals surface area (Å²) in [7, 11) is 0. The van der Waals surface area contributed by atoms with E-state index in [-0.39, 0.29) is 0 Å². The molecule has 1 fully saturated rings. The zero-order valence-electron chi connectivity index (χ0n) is 9.11. The van der Waals surface area contributed by atoms with Crippen molar-refractivity contribution in [1.82, 2.24) is 9.97 Å². The molecule has 1 aromatic heterocycles. The number of nitrogens with two attached hydrogens (primary N) is 1. The molecule has 0 amide bonds. The number of rotatable bonds is 2. The van der Waals surface area contributed by atoms with E-state index in [4.69, 9.17) is 5.73 Å². The van der Waals surface area contributed by atoms with Crippen molar-refractivity contribution in [2.75, 3.05) is 11.1 Å². The average Bonchev–Trinajstić information content (AvgIpc) is 2.22. The third-order valence-corrected chi connectivity index (χ3v) is 3.02. The molecule has 1 aromatic rings. The van der Waals surface area contributed by atoms with E-state index in [0.29, 0.717) is 11.9 Å². The predicted octanol–water partition coefficient (Wildman–Crippen LogP) is 2.05. The molecule has 0 aromatic carbocycles. The lowest BCUT2D eigenvalue weighted by Crippen LogP contribution is -2.25. The number of anilines is 2. The molecule has 0 bridgehead atoms. The zero-order chi connectivity index (χ0) is 10.7. The van der Waals surface area contributed by atoms with Gasteiger partial charge in [-0.15, -0.1) is 0 Å². The molecule has 0 spiro atoms. The van der Waals surface area contributed by atoms with Gasteiger partial charge < -0.3 is 11.1 Å². The van der Waals surface area contributed by atoms with Crippen molar-refractivity contribution in [3.05, 3.63) is 12.4 Å². The molecular weight excluding hydrogens is 188 g/mol. The second kappa shape index (κ2) is 4.47. The van der Waals surface area contributed by atoms with Gasteiger partial charge in [0.1, 0.15) is 11.6 Å². The molecular formula is C11H18N4.